The first kappa shape index (κ1) is 18.2. The highest BCUT2D eigenvalue weighted by Gasteiger charge is 2.04. The predicted molar refractivity (Wildman–Crippen MR) is 85.3 cm³/mol. The van der Waals surface area contributed by atoms with E-state index < -0.39 is 11.9 Å². The minimum Gasteiger partial charge on any atom is -0.497 e. The molecule has 0 amide bonds. The topological polar surface area (TPSA) is 95.9 Å². The molecule has 2 aromatic carbocycles. The number of nitrogens with one attached hydrogen (secondary N) is 1. The van der Waals surface area contributed by atoms with Gasteiger partial charge in [0.15, 0.2) is 0 Å². The fourth-order valence-electron chi connectivity index (χ4n) is 1.73. The molecule has 3 N–H and O–H groups in total. The summed E-state index contributed by atoms with van der Waals surface area (Å²) in [5.41, 5.74) is 2.54. The highest BCUT2D eigenvalue weighted by atomic mass is 16.5. The zero-order valence-corrected chi connectivity index (χ0v) is 12.7. The highest BCUT2D eigenvalue weighted by molar-refractivity contribution is 6.27. The van der Waals surface area contributed by atoms with Crippen LogP contribution in [-0.4, -0.2) is 29.3 Å². The van der Waals surface area contributed by atoms with Gasteiger partial charge < -0.3 is 20.3 Å². The monoisotopic (exact) mass is 317 g/mol. The quantitative estimate of drug-likeness (QED) is 0.731. The summed E-state index contributed by atoms with van der Waals surface area (Å²) in [4.78, 5) is 18.2. The van der Waals surface area contributed by atoms with Crippen LogP contribution >= 0.6 is 0 Å². The lowest BCUT2D eigenvalue weighted by atomic mass is 10.2. The number of carboxylic acid groups (broad SMARTS) is 2. The Morgan fingerprint density at radius 3 is 2.04 bits per heavy atom. The van der Waals surface area contributed by atoms with E-state index in [1.807, 2.05) is 18.2 Å². The minimum absolute atomic E-state index is 0.853. The number of carboxylic acids is 2. The van der Waals surface area contributed by atoms with E-state index in [0.29, 0.717) is 0 Å². The molecule has 6 heteroatoms. The van der Waals surface area contributed by atoms with Gasteiger partial charge in [0.25, 0.3) is 0 Å². The fourth-order valence-corrected chi connectivity index (χ4v) is 1.73. The molecule has 0 aliphatic heterocycles. The molecule has 0 unspecified atom stereocenters. The maximum absolute atomic E-state index is 9.10. The average molecular weight is 317 g/mol. The van der Waals surface area contributed by atoms with E-state index in [2.05, 4.69) is 41.7 Å². The second-order valence-electron chi connectivity index (χ2n) is 4.55. The SMILES string of the molecule is COc1cccc(CNCc2ccccc2)c1.O=C(O)C(=O)O. The molecule has 0 spiro atoms. The zero-order valence-electron chi connectivity index (χ0n) is 12.7. The zero-order chi connectivity index (χ0) is 17.1. The lowest BCUT2D eigenvalue weighted by Gasteiger charge is -2.06. The van der Waals surface area contributed by atoms with Crippen molar-refractivity contribution in [3.8, 4) is 5.75 Å². The summed E-state index contributed by atoms with van der Waals surface area (Å²) < 4.78 is 5.19. The molecule has 23 heavy (non-hydrogen) atoms. The van der Waals surface area contributed by atoms with Crippen molar-refractivity contribution in [2.45, 2.75) is 13.1 Å². The number of methoxy groups -OCH3 is 1. The van der Waals surface area contributed by atoms with Gasteiger partial charge in [0.1, 0.15) is 5.75 Å². The summed E-state index contributed by atoms with van der Waals surface area (Å²) in [7, 11) is 1.69. The molecule has 0 saturated heterocycles. The lowest BCUT2D eigenvalue weighted by Crippen LogP contribution is -2.12. The van der Waals surface area contributed by atoms with Crippen molar-refractivity contribution in [2.75, 3.05) is 7.11 Å². The third-order valence-corrected chi connectivity index (χ3v) is 2.82. The third kappa shape index (κ3) is 7.63. The Bertz CT molecular complexity index is 616. The van der Waals surface area contributed by atoms with Gasteiger partial charge >= 0.3 is 11.9 Å². The summed E-state index contributed by atoms with van der Waals surface area (Å²) in [6.07, 6.45) is 0. The van der Waals surface area contributed by atoms with Crippen LogP contribution in [-0.2, 0) is 22.7 Å². The molecule has 6 nitrogen and oxygen atoms in total. The molecule has 0 bridgehead atoms. The molecule has 0 aliphatic carbocycles. The highest BCUT2D eigenvalue weighted by Crippen LogP contribution is 2.12. The number of aliphatic carboxylic acids is 2. The normalized spacial score (nSPS) is 9.43. The van der Waals surface area contributed by atoms with Crippen LogP contribution in [0.5, 0.6) is 5.75 Å². The first-order chi connectivity index (χ1) is 11.0. The van der Waals surface area contributed by atoms with Crippen molar-refractivity contribution in [2.24, 2.45) is 0 Å². The van der Waals surface area contributed by atoms with Crippen LogP contribution in [0.4, 0.5) is 0 Å². The summed E-state index contributed by atoms with van der Waals surface area (Å²) in [6.45, 7) is 1.74. The first-order valence-corrected chi connectivity index (χ1v) is 6.86. The number of carbonyl (C=O) groups is 2. The van der Waals surface area contributed by atoms with Crippen LogP contribution in [0.15, 0.2) is 54.6 Å². The second-order valence-corrected chi connectivity index (χ2v) is 4.55. The van der Waals surface area contributed by atoms with E-state index in [1.54, 1.807) is 7.11 Å². The summed E-state index contributed by atoms with van der Waals surface area (Å²) in [5.74, 6) is -2.74. The molecular weight excluding hydrogens is 298 g/mol. The van der Waals surface area contributed by atoms with E-state index in [0.717, 1.165) is 18.8 Å². The number of rotatable bonds is 5. The van der Waals surface area contributed by atoms with Crippen molar-refractivity contribution in [1.82, 2.24) is 5.32 Å². The Balaban J connectivity index is 0.000000379. The van der Waals surface area contributed by atoms with Crippen molar-refractivity contribution in [3.05, 3.63) is 65.7 Å². The maximum atomic E-state index is 9.10. The number of hydrogen-bond donors (Lipinski definition) is 3. The lowest BCUT2D eigenvalue weighted by molar-refractivity contribution is -0.159. The van der Waals surface area contributed by atoms with Crippen LogP contribution in [0.2, 0.25) is 0 Å². The predicted octanol–water partition coefficient (Wildman–Crippen LogP) is 2.14. The molecule has 2 aromatic rings. The summed E-state index contributed by atoms with van der Waals surface area (Å²) in [6, 6.07) is 18.5. The smallest absolute Gasteiger partial charge is 0.414 e. The summed E-state index contributed by atoms with van der Waals surface area (Å²) >= 11 is 0. The van der Waals surface area contributed by atoms with E-state index in [1.165, 1.54) is 11.1 Å². The minimum atomic E-state index is -1.82. The maximum Gasteiger partial charge on any atom is 0.414 e. The van der Waals surface area contributed by atoms with Gasteiger partial charge in [-0.25, -0.2) is 9.59 Å². The van der Waals surface area contributed by atoms with Gasteiger partial charge in [0.05, 0.1) is 7.11 Å². The molecule has 0 radical (unpaired) electrons. The Morgan fingerprint density at radius 1 is 0.913 bits per heavy atom. The fraction of sp³-hybridized carbons (Fsp3) is 0.176. The van der Waals surface area contributed by atoms with E-state index in [-0.39, 0.29) is 0 Å². The van der Waals surface area contributed by atoms with Gasteiger partial charge in [-0.05, 0) is 23.3 Å². The first-order valence-electron chi connectivity index (χ1n) is 6.86. The van der Waals surface area contributed by atoms with Crippen LogP contribution in [0.25, 0.3) is 0 Å². The van der Waals surface area contributed by atoms with Gasteiger partial charge in [-0.3, -0.25) is 0 Å². The number of hydrogen-bond acceptors (Lipinski definition) is 4. The number of benzene rings is 2. The van der Waals surface area contributed by atoms with Crippen molar-refractivity contribution in [3.63, 3.8) is 0 Å². The van der Waals surface area contributed by atoms with Gasteiger partial charge in [-0.2, -0.15) is 0 Å². The standard InChI is InChI=1S/C15H17NO.C2H2O4/c1-17-15-9-5-8-14(10-15)12-16-11-13-6-3-2-4-7-13;3-1(4)2(5)6/h2-10,16H,11-12H2,1H3;(H,3,4)(H,5,6). The Hall–Kier alpha value is -2.86. The van der Waals surface area contributed by atoms with Crippen molar-refractivity contribution < 1.29 is 24.5 Å². The molecule has 0 saturated carbocycles. The largest absolute Gasteiger partial charge is 0.497 e. The van der Waals surface area contributed by atoms with Crippen molar-refractivity contribution in [1.29, 1.82) is 0 Å². The molecule has 122 valence electrons. The number of ether oxygens (including phenoxy) is 1. The molecule has 0 atom stereocenters. The van der Waals surface area contributed by atoms with Gasteiger partial charge in [-0.1, -0.05) is 42.5 Å². The molecule has 2 rings (SSSR count). The van der Waals surface area contributed by atoms with Crippen LogP contribution < -0.4 is 10.1 Å². The van der Waals surface area contributed by atoms with Crippen LogP contribution in [0, 0.1) is 0 Å². The Kier molecular flexibility index (Phi) is 7.88. The Labute approximate surface area is 134 Å². The average Bonchev–Trinajstić information content (AvgIpc) is 2.56. The molecule has 0 heterocycles. The second kappa shape index (κ2) is 9.97. The molecular formula is C17H19NO5. The van der Waals surface area contributed by atoms with E-state index in [4.69, 9.17) is 24.5 Å². The van der Waals surface area contributed by atoms with Gasteiger partial charge in [0.2, 0.25) is 0 Å². The van der Waals surface area contributed by atoms with E-state index in [9.17, 15) is 0 Å². The van der Waals surface area contributed by atoms with Gasteiger partial charge in [0, 0.05) is 13.1 Å². The Morgan fingerprint density at radius 2 is 1.48 bits per heavy atom. The van der Waals surface area contributed by atoms with Crippen LogP contribution in [0.3, 0.4) is 0 Å². The van der Waals surface area contributed by atoms with E-state index >= 15 is 0 Å². The molecule has 0 aromatic heterocycles. The molecule has 0 aliphatic rings. The van der Waals surface area contributed by atoms with Gasteiger partial charge in [-0.15, -0.1) is 0 Å². The third-order valence-electron chi connectivity index (χ3n) is 2.82. The molecule has 0 fully saturated rings. The van der Waals surface area contributed by atoms with Crippen LogP contribution in [0.1, 0.15) is 11.1 Å². The van der Waals surface area contributed by atoms with Crippen molar-refractivity contribution >= 4 is 11.9 Å². The summed E-state index contributed by atoms with van der Waals surface area (Å²) in [5, 5.41) is 18.2.